The molecule has 0 spiro atoms. The number of carbonyl (C=O) groups excluding carboxylic acids is 1. The molecule has 3 unspecified atom stereocenters. The molecule has 106 valence electrons. The van der Waals surface area contributed by atoms with Crippen molar-refractivity contribution in [3.63, 3.8) is 0 Å². The van der Waals surface area contributed by atoms with Crippen molar-refractivity contribution in [1.82, 2.24) is 5.32 Å². The van der Waals surface area contributed by atoms with Crippen LogP contribution in [0.15, 0.2) is 23.1 Å². The lowest BCUT2D eigenvalue weighted by Crippen LogP contribution is -2.40. The van der Waals surface area contributed by atoms with Crippen LogP contribution < -0.4 is 11.1 Å². The van der Waals surface area contributed by atoms with Gasteiger partial charge in [-0.05, 0) is 38.5 Å². The van der Waals surface area contributed by atoms with Crippen LogP contribution in [0.25, 0.3) is 0 Å². The standard InChI is InChI=1S/C13H19FN2O2S/c1-4-8(2)16-13(17)9(3)19(18)12-7-10(14)5-6-11(12)15/h5-9H,4,15H2,1-3H3,(H,16,17). The molecule has 4 nitrogen and oxygen atoms in total. The smallest absolute Gasteiger partial charge is 0.236 e. The average molecular weight is 286 g/mol. The monoisotopic (exact) mass is 286 g/mol. The summed E-state index contributed by atoms with van der Waals surface area (Å²) in [5.74, 6) is -0.844. The summed E-state index contributed by atoms with van der Waals surface area (Å²) in [6, 6.07) is 3.66. The van der Waals surface area contributed by atoms with Crippen LogP contribution in [0, 0.1) is 5.82 Å². The Morgan fingerprint density at radius 1 is 1.47 bits per heavy atom. The minimum absolute atomic E-state index is 0.0109. The first-order valence-electron chi connectivity index (χ1n) is 6.12. The van der Waals surface area contributed by atoms with Gasteiger partial charge in [0.1, 0.15) is 11.1 Å². The number of benzene rings is 1. The van der Waals surface area contributed by atoms with E-state index in [2.05, 4.69) is 5.32 Å². The van der Waals surface area contributed by atoms with Gasteiger partial charge in [0.15, 0.2) is 0 Å². The van der Waals surface area contributed by atoms with E-state index >= 15 is 0 Å². The van der Waals surface area contributed by atoms with E-state index in [9.17, 15) is 13.4 Å². The van der Waals surface area contributed by atoms with Crippen molar-refractivity contribution >= 4 is 22.4 Å². The van der Waals surface area contributed by atoms with Gasteiger partial charge in [0, 0.05) is 11.7 Å². The quantitative estimate of drug-likeness (QED) is 0.811. The van der Waals surface area contributed by atoms with E-state index in [-0.39, 0.29) is 22.5 Å². The average Bonchev–Trinajstić information content (AvgIpc) is 2.39. The fourth-order valence-electron chi connectivity index (χ4n) is 1.43. The predicted octanol–water partition coefficient (Wildman–Crippen LogP) is 1.82. The SMILES string of the molecule is CCC(C)NC(=O)C(C)S(=O)c1cc(F)ccc1N. The zero-order chi connectivity index (χ0) is 14.6. The van der Waals surface area contributed by atoms with Gasteiger partial charge in [-0.1, -0.05) is 6.92 Å². The molecule has 0 radical (unpaired) electrons. The highest BCUT2D eigenvalue weighted by Crippen LogP contribution is 2.20. The van der Waals surface area contributed by atoms with Crippen LogP contribution in [0.1, 0.15) is 27.2 Å². The lowest BCUT2D eigenvalue weighted by molar-refractivity contribution is -0.120. The van der Waals surface area contributed by atoms with E-state index in [0.29, 0.717) is 0 Å². The first-order valence-corrected chi connectivity index (χ1v) is 7.34. The maximum absolute atomic E-state index is 13.1. The zero-order valence-corrected chi connectivity index (χ0v) is 12.1. The molecule has 19 heavy (non-hydrogen) atoms. The Bertz CT molecular complexity index is 494. The molecule has 0 aliphatic carbocycles. The number of nitrogen functional groups attached to an aromatic ring is 1. The van der Waals surface area contributed by atoms with Gasteiger partial charge in [0.2, 0.25) is 5.91 Å². The minimum atomic E-state index is -1.68. The van der Waals surface area contributed by atoms with E-state index in [0.717, 1.165) is 12.5 Å². The molecule has 3 atom stereocenters. The number of anilines is 1. The molecule has 1 aromatic carbocycles. The summed E-state index contributed by atoms with van der Waals surface area (Å²) < 4.78 is 25.4. The molecule has 1 rings (SSSR count). The molecule has 0 fully saturated rings. The molecule has 0 aromatic heterocycles. The number of amides is 1. The molecular formula is C13H19FN2O2S. The number of hydrogen-bond donors (Lipinski definition) is 2. The van der Waals surface area contributed by atoms with Gasteiger partial charge in [-0.2, -0.15) is 0 Å². The van der Waals surface area contributed by atoms with Crippen LogP contribution in [0.4, 0.5) is 10.1 Å². The number of carbonyl (C=O) groups is 1. The Hall–Kier alpha value is -1.43. The third-order valence-corrected chi connectivity index (χ3v) is 4.53. The molecule has 1 aromatic rings. The molecule has 6 heteroatoms. The molecule has 1 amide bonds. The summed E-state index contributed by atoms with van der Waals surface area (Å²) >= 11 is 0. The van der Waals surface area contributed by atoms with Crippen molar-refractivity contribution in [2.24, 2.45) is 0 Å². The summed E-state index contributed by atoms with van der Waals surface area (Å²) in [6.07, 6.45) is 0.785. The fourth-order valence-corrected chi connectivity index (χ4v) is 2.60. The van der Waals surface area contributed by atoms with Crippen molar-refractivity contribution in [1.29, 1.82) is 0 Å². The number of nitrogens with two attached hydrogens (primary N) is 1. The number of halogens is 1. The van der Waals surface area contributed by atoms with E-state index < -0.39 is 21.9 Å². The van der Waals surface area contributed by atoms with Crippen LogP contribution in [0.5, 0.6) is 0 Å². The Kier molecular flexibility index (Phi) is 5.47. The molecule has 0 saturated heterocycles. The summed E-state index contributed by atoms with van der Waals surface area (Å²) in [4.78, 5) is 12.0. The zero-order valence-electron chi connectivity index (χ0n) is 11.3. The van der Waals surface area contributed by atoms with E-state index in [1.54, 1.807) is 0 Å². The summed E-state index contributed by atoms with van der Waals surface area (Å²) in [5.41, 5.74) is 5.89. The maximum atomic E-state index is 13.1. The van der Waals surface area contributed by atoms with E-state index in [1.165, 1.54) is 19.1 Å². The lowest BCUT2D eigenvalue weighted by Gasteiger charge is -2.16. The molecule has 0 saturated carbocycles. The Labute approximate surface area is 115 Å². The highest BCUT2D eigenvalue weighted by Gasteiger charge is 2.24. The second-order valence-electron chi connectivity index (χ2n) is 4.44. The van der Waals surface area contributed by atoms with Crippen LogP contribution >= 0.6 is 0 Å². The Balaban J connectivity index is 2.87. The van der Waals surface area contributed by atoms with Crippen LogP contribution in [-0.4, -0.2) is 21.4 Å². The first kappa shape index (κ1) is 15.6. The maximum Gasteiger partial charge on any atom is 0.236 e. The van der Waals surface area contributed by atoms with Crippen molar-refractivity contribution in [3.05, 3.63) is 24.0 Å². The third-order valence-electron chi connectivity index (χ3n) is 2.88. The third kappa shape index (κ3) is 4.02. The molecular weight excluding hydrogens is 267 g/mol. The second-order valence-corrected chi connectivity index (χ2v) is 6.18. The van der Waals surface area contributed by atoms with Gasteiger partial charge in [0.25, 0.3) is 0 Å². The summed E-state index contributed by atoms with van der Waals surface area (Å²) in [7, 11) is -1.68. The van der Waals surface area contributed by atoms with Gasteiger partial charge in [0.05, 0.1) is 15.7 Å². The summed E-state index contributed by atoms with van der Waals surface area (Å²) in [6.45, 7) is 5.35. The number of rotatable bonds is 5. The molecule has 0 heterocycles. The first-order chi connectivity index (χ1) is 8.86. The van der Waals surface area contributed by atoms with Crippen LogP contribution in [0.2, 0.25) is 0 Å². The summed E-state index contributed by atoms with van der Waals surface area (Å²) in [5, 5.41) is 1.97. The van der Waals surface area contributed by atoms with Gasteiger partial charge < -0.3 is 11.1 Å². The highest BCUT2D eigenvalue weighted by molar-refractivity contribution is 7.86. The van der Waals surface area contributed by atoms with Crippen LogP contribution in [0.3, 0.4) is 0 Å². The van der Waals surface area contributed by atoms with Gasteiger partial charge >= 0.3 is 0 Å². The molecule has 3 N–H and O–H groups in total. The second kappa shape index (κ2) is 6.65. The van der Waals surface area contributed by atoms with Crippen molar-refractivity contribution < 1.29 is 13.4 Å². The largest absolute Gasteiger partial charge is 0.398 e. The van der Waals surface area contributed by atoms with Crippen molar-refractivity contribution in [2.45, 2.75) is 43.4 Å². The van der Waals surface area contributed by atoms with E-state index in [1.807, 2.05) is 13.8 Å². The van der Waals surface area contributed by atoms with Crippen molar-refractivity contribution in [3.8, 4) is 0 Å². The van der Waals surface area contributed by atoms with Crippen LogP contribution in [-0.2, 0) is 15.6 Å². The normalized spacial score (nSPS) is 15.6. The fraction of sp³-hybridized carbons (Fsp3) is 0.462. The Morgan fingerprint density at radius 2 is 2.11 bits per heavy atom. The Morgan fingerprint density at radius 3 is 2.68 bits per heavy atom. The number of nitrogens with one attached hydrogen (secondary N) is 1. The topological polar surface area (TPSA) is 72.2 Å². The molecule has 0 aliphatic heterocycles. The van der Waals surface area contributed by atoms with Gasteiger partial charge in [-0.15, -0.1) is 0 Å². The lowest BCUT2D eigenvalue weighted by atomic mass is 10.2. The minimum Gasteiger partial charge on any atom is -0.398 e. The van der Waals surface area contributed by atoms with E-state index in [4.69, 9.17) is 5.73 Å². The molecule has 0 aliphatic rings. The molecule has 0 bridgehead atoms. The highest BCUT2D eigenvalue weighted by atomic mass is 32.2. The predicted molar refractivity (Wildman–Crippen MR) is 74.6 cm³/mol. The van der Waals surface area contributed by atoms with Crippen molar-refractivity contribution in [2.75, 3.05) is 5.73 Å². The number of hydrogen-bond acceptors (Lipinski definition) is 3. The van der Waals surface area contributed by atoms with Gasteiger partial charge in [-0.25, -0.2) is 4.39 Å². The van der Waals surface area contributed by atoms with Gasteiger partial charge in [-0.3, -0.25) is 9.00 Å².